The van der Waals surface area contributed by atoms with E-state index in [4.69, 9.17) is 0 Å². The van der Waals surface area contributed by atoms with Gasteiger partial charge in [-0.2, -0.15) is 15.3 Å². The van der Waals surface area contributed by atoms with Gasteiger partial charge < -0.3 is 0 Å². The summed E-state index contributed by atoms with van der Waals surface area (Å²) < 4.78 is 1.78. The van der Waals surface area contributed by atoms with Crippen LogP contribution in [0.15, 0.2) is 36.7 Å². The number of hydrogen-bond donors (Lipinski definition) is 0. The fraction of sp³-hybridized carbons (Fsp3) is 0.368. The molecular weight excluding hydrogens is 314 g/mol. The molecule has 3 rings (SSSR count). The molecule has 0 aliphatic heterocycles. The number of nitrogens with zero attached hydrogens (tertiary/aromatic N) is 5. The zero-order valence-corrected chi connectivity index (χ0v) is 14.9. The SMILES string of the molecule is CCN(CC)CC(=O)Cc1cc2cc(-c3cnn(C)c3)ccc2nn1. The molecule has 1 aromatic carbocycles. The van der Waals surface area contributed by atoms with Gasteiger partial charge in [0, 0.05) is 24.2 Å². The van der Waals surface area contributed by atoms with Crippen molar-refractivity contribution in [2.45, 2.75) is 20.3 Å². The smallest absolute Gasteiger partial charge is 0.152 e. The highest BCUT2D eigenvalue weighted by Gasteiger charge is 2.11. The van der Waals surface area contributed by atoms with Gasteiger partial charge in [-0.25, -0.2) is 0 Å². The minimum Gasteiger partial charge on any atom is -0.298 e. The quantitative estimate of drug-likeness (QED) is 0.663. The highest BCUT2D eigenvalue weighted by molar-refractivity contribution is 5.86. The van der Waals surface area contributed by atoms with Crippen molar-refractivity contribution in [3.05, 3.63) is 42.4 Å². The standard InChI is InChI=1S/C19H23N5O/c1-4-24(5-2)13-18(25)10-17-9-15-8-14(6-7-19(15)22-21-17)16-11-20-23(3)12-16/h6-9,11-12H,4-5,10,13H2,1-3H3. The topological polar surface area (TPSA) is 63.9 Å². The van der Waals surface area contributed by atoms with Crippen LogP contribution in [0.4, 0.5) is 0 Å². The van der Waals surface area contributed by atoms with Gasteiger partial charge in [0.25, 0.3) is 0 Å². The molecule has 130 valence electrons. The van der Waals surface area contributed by atoms with Crippen LogP contribution in [0.3, 0.4) is 0 Å². The second-order valence-corrected chi connectivity index (χ2v) is 6.19. The third-order valence-electron chi connectivity index (χ3n) is 4.35. The number of carbonyl (C=O) groups is 1. The van der Waals surface area contributed by atoms with Gasteiger partial charge in [0.1, 0.15) is 0 Å². The molecule has 3 aromatic rings. The summed E-state index contributed by atoms with van der Waals surface area (Å²) in [5.41, 5.74) is 3.68. The van der Waals surface area contributed by atoms with E-state index in [9.17, 15) is 4.79 Å². The molecule has 6 nitrogen and oxygen atoms in total. The molecule has 0 saturated carbocycles. The van der Waals surface area contributed by atoms with Crippen molar-refractivity contribution in [1.29, 1.82) is 0 Å². The first-order valence-corrected chi connectivity index (χ1v) is 8.58. The second-order valence-electron chi connectivity index (χ2n) is 6.19. The zero-order valence-electron chi connectivity index (χ0n) is 14.9. The van der Waals surface area contributed by atoms with Gasteiger partial charge in [-0.3, -0.25) is 14.4 Å². The van der Waals surface area contributed by atoms with E-state index in [1.54, 1.807) is 4.68 Å². The first kappa shape index (κ1) is 17.2. The molecule has 0 aliphatic rings. The largest absolute Gasteiger partial charge is 0.298 e. The van der Waals surface area contributed by atoms with E-state index in [0.717, 1.165) is 35.1 Å². The van der Waals surface area contributed by atoms with E-state index < -0.39 is 0 Å². The average Bonchev–Trinajstić information content (AvgIpc) is 3.05. The molecular formula is C19H23N5O. The summed E-state index contributed by atoms with van der Waals surface area (Å²) in [6, 6.07) is 7.99. The number of Topliss-reactive ketones (excluding diaryl/α,β-unsaturated/α-hetero) is 1. The van der Waals surface area contributed by atoms with Crippen LogP contribution in [-0.4, -0.2) is 50.3 Å². The fourth-order valence-electron chi connectivity index (χ4n) is 2.88. The average molecular weight is 337 g/mol. The summed E-state index contributed by atoms with van der Waals surface area (Å²) in [6.07, 6.45) is 4.13. The van der Waals surface area contributed by atoms with Crippen LogP contribution in [0.1, 0.15) is 19.5 Å². The lowest BCUT2D eigenvalue weighted by atomic mass is 10.1. The van der Waals surface area contributed by atoms with E-state index >= 15 is 0 Å². The molecule has 0 fully saturated rings. The lowest BCUT2D eigenvalue weighted by Crippen LogP contribution is -2.30. The Bertz CT molecular complexity index is 882. The lowest BCUT2D eigenvalue weighted by molar-refractivity contribution is -0.119. The second kappa shape index (κ2) is 7.53. The predicted octanol–water partition coefficient (Wildman–Crippen LogP) is 2.48. The molecule has 2 aromatic heterocycles. The minimum atomic E-state index is 0.167. The highest BCUT2D eigenvalue weighted by atomic mass is 16.1. The summed E-state index contributed by atoms with van der Waals surface area (Å²) in [5.74, 6) is 0.167. The van der Waals surface area contributed by atoms with Gasteiger partial charge >= 0.3 is 0 Å². The minimum absolute atomic E-state index is 0.167. The molecule has 0 saturated heterocycles. The molecule has 0 radical (unpaired) electrons. The van der Waals surface area contributed by atoms with E-state index in [-0.39, 0.29) is 5.78 Å². The normalized spacial score (nSPS) is 11.4. The van der Waals surface area contributed by atoms with Gasteiger partial charge in [0.15, 0.2) is 5.78 Å². The van der Waals surface area contributed by atoms with Crippen LogP contribution in [0.2, 0.25) is 0 Å². The van der Waals surface area contributed by atoms with E-state index in [1.165, 1.54) is 0 Å². The van der Waals surface area contributed by atoms with E-state index in [1.807, 2.05) is 37.6 Å². The van der Waals surface area contributed by atoms with Crippen molar-refractivity contribution in [1.82, 2.24) is 24.9 Å². The number of likely N-dealkylation sites (N-methyl/N-ethyl adjacent to an activating group) is 1. The summed E-state index contributed by atoms with van der Waals surface area (Å²) >= 11 is 0. The van der Waals surface area contributed by atoms with Crippen molar-refractivity contribution >= 4 is 16.7 Å². The van der Waals surface area contributed by atoms with Crippen LogP contribution in [0.5, 0.6) is 0 Å². The van der Waals surface area contributed by atoms with Crippen LogP contribution in [0, 0.1) is 0 Å². The summed E-state index contributed by atoms with van der Waals surface area (Å²) in [5, 5.41) is 13.7. The first-order chi connectivity index (χ1) is 12.1. The zero-order chi connectivity index (χ0) is 17.8. The van der Waals surface area contributed by atoms with Crippen molar-refractivity contribution in [2.24, 2.45) is 7.05 Å². The van der Waals surface area contributed by atoms with Crippen molar-refractivity contribution in [3.8, 4) is 11.1 Å². The van der Waals surface area contributed by atoms with Crippen LogP contribution < -0.4 is 0 Å². The van der Waals surface area contributed by atoms with E-state index in [2.05, 4.69) is 40.1 Å². The van der Waals surface area contributed by atoms with E-state index in [0.29, 0.717) is 18.7 Å². The number of hydrogen-bond acceptors (Lipinski definition) is 5. The Morgan fingerprint density at radius 2 is 1.92 bits per heavy atom. The fourth-order valence-corrected chi connectivity index (χ4v) is 2.88. The number of rotatable bonds is 7. The van der Waals surface area contributed by atoms with Crippen LogP contribution in [-0.2, 0) is 18.3 Å². The van der Waals surface area contributed by atoms with Crippen LogP contribution >= 0.6 is 0 Å². The molecule has 0 bridgehead atoms. The molecule has 0 aliphatic carbocycles. The maximum atomic E-state index is 12.2. The van der Waals surface area contributed by atoms with Gasteiger partial charge in [0.05, 0.1) is 30.4 Å². The third kappa shape index (κ3) is 4.09. The predicted molar refractivity (Wildman–Crippen MR) is 98.2 cm³/mol. The maximum Gasteiger partial charge on any atom is 0.152 e. The van der Waals surface area contributed by atoms with Crippen molar-refractivity contribution in [2.75, 3.05) is 19.6 Å². The first-order valence-electron chi connectivity index (χ1n) is 8.58. The molecule has 0 atom stereocenters. The Morgan fingerprint density at radius 3 is 2.60 bits per heavy atom. The van der Waals surface area contributed by atoms with Crippen molar-refractivity contribution < 1.29 is 4.79 Å². The molecule has 0 amide bonds. The Kier molecular flexibility index (Phi) is 5.19. The van der Waals surface area contributed by atoms with Gasteiger partial charge in [-0.1, -0.05) is 19.9 Å². The third-order valence-corrected chi connectivity index (χ3v) is 4.35. The van der Waals surface area contributed by atoms with Gasteiger partial charge in [0.2, 0.25) is 0 Å². The monoisotopic (exact) mass is 337 g/mol. The maximum absolute atomic E-state index is 12.2. The van der Waals surface area contributed by atoms with Gasteiger partial charge in [-0.05, 0) is 36.9 Å². The molecule has 2 heterocycles. The Hall–Kier alpha value is -2.60. The number of ketones is 1. The molecule has 0 spiro atoms. The summed E-state index contributed by atoms with van der Waals surface area (Å²) in [7, 11) is 1.90. The highest BCUT2D eigenvalue weighted by Crippen LogP contribution is 2.23. The molecule has 25 heavy (non-hydrogen) atoms. The van der Waals surface area contributed by atoms with Crippen LogP contribution in [0.25, 0.3) is 22.0 Å². The molecule has 0 N–H and O–H groups in total. The Labute approximate surface area is 147 Å². The lowest BCUT2D eigenvalue weighted by Gasteiger charge is -2.16. The van der Waals surface area contributed by atoms with Gasteiger partial charge in [-0.15, -0.1) is 0 Å². The number of fused-ring (bicyclic) bond motifs is 1. The summed E-state index contributed by atoms with van der Waals surface area (Å²) in [4.78, 5) is 14.4. The number of carbonyl (C=O) groups excluding carboxylic acids is 1. The number of benzene rings is 1. The number of aryl methyl sites for hydroxylation is 1. The van der Waals surface area contributed by atoms with Crippen molar-refractivity contribution in [3.63, 3.8) is 0 Å². The number of aromatic nitrogens is 4. The summed E-state index contributed by atoms with van der Waals surface area (Å²) in [6.45, 7) is 6.34. The Morgan fingerprint density at radius 1 is 1.12 bits per heavy atom. The molecule has 6 heteroatoms. The molecule has 0 unspecified atom stereocenters. The Balaban J connectivity index is 1.82.